The first-order chi connectivity index (χ1) is 13.9. The van der Waals surface area contributed by atoms with Gasteiger partial charge in [0.15, 0.2) is 5.78 Å². The predicted octanol–water partition coefficient (Wildman–Crippen LogP) is 4.68. The van der Waals surface area contributed by atoms with Crippen LogP contribution in [0.3, 0.4) is 0 Å². The largest absolute Gasteiger partial charge is 0.496 e. The zero-order valence-corrected chi connectivity index (χ0v) is 16.8. The van der Waals surface area contributed by atoms with Gasteiger partial charge in [-0.3, -0.25) is 10.1 Å². The average molecular weight is 414 g/mol. The topological polar surface area (TPSA) is 93.2 Å². The number of hydrogen-bond acceptors (Lipinski definition) is 6. The third-order valence-electron chi connectivity index (χ3n) is 4.00. The summed E-state index contributed by atoms with van der Waals surface area (Å²) in [7, 11) is 1.44. The summed E-state index contributed by atoms with van der Waals surface area (Å²) in [6.07, 6.45) is 0. The van der Waals surface area contributed by atoms with Crippen molar-refractivity contribution < 1.29 is 18.7 Å². The van der Waals surface area contributed by atoms with E-state index >= 15 is 0 Å². The van der Waals surface area contributed by atoms with E-state index in [9.17, 15) is 14.0 Å². The fraction of sp³-hybridized carbons (Fsp3) is 0.200. The van der Waals surface area contributed by atoms with Crippen molar-refractivity contribution in [2.24, 2.45) is 0 Å². The van der Waals surface area contributed by atoms with Crippen LogP contribution in [0.5, 0.6) is 5.75 Å². The Morgan fingerprint density at radius 2 is 1.86 bits per heavy atom. The van der Waals surface area contributed by atoms with Gasteiger partial charge in [-0.1, -0.05) is 26.0 Å². The van der Waals surface area contributed by atoms with Crippen LogP contribution in [0.15, 0.2) is 42.5 Å². The lowest BCUT2D eigenvalue weighted by Crippen LogP contribution is -2.21. The maximum atomic E-state index is 13.8. The van der Waals surface area contributed by atoms with Crippen LogP contribution in [0.25, 0.3) is 0 Å². The van der Waals surface area contributed by atoms with E-state index in [1.165, 1.54) is 13.2 Å². The zero-order chi connectivity index (χ0) is 21.0. The van der Waals surface area contributed by atoms with E-state index in [-0.39, 0.29) is 22.7 Å². The molecule has 0 aliphatic carbocycles. The number of carbonyl (C=O) groups is 2. The molecule has 2 amide bonds. The van der Waals surface area contributed by atoms with Crippen molar-refractivity contribution in [3.63, 3.8) is 0 Å². The van der Waals surface area contributed by atoms with Gasteiger partial charge in [0.25, 0.3) is 0 Å². The van der Waals surface area contributed by atoms with Crippen molar-refractivity contribution >= 4 is 34.2 Å². The van der Waals surface area contributed by atoms with Crippen LogP contribution in [-0.4, -0.2) is 28.3 Å². The number of nitrogens with zero attached hydrogens (tertiary/aromatic N) is 2. The second-order valence-corrected chi connectivity index (χ2v) is 7.16. The van der Waals surface area contributed by atoms with Gasteiger partial charge in [0.2, 0.25) is 5.13 Å². The van der Waals surface area contributed by atoms with Crippen LogP contribution < -0.4 is 15.4 Å². The van der Waals surface area contributed by atoms with Gasteiger partial charge in [-0.25, -0.2) is 14.2 Å². The van der Waals surface area contributed by atoms with Crippen molar-refractivity contribution in [3.8, 4) is 5.75 Å². The number of rotatable bonds is 6. The number of methoxy groups -OCH3 is 1. The molecule has 0 unspecified atom stereocenters. The number of anilines is 2. The quantitative estimate of drug-likeness (QED) is 0.571. The maximum Gasteiger partial charge on any atom is 0.325 e. The molecule has 0 atom stereocenters. The summed E-state index contributed by atoms with van der Waals surface area (Å²) in [6.45, 7) is 3.89. The molecule has 0 aliphatic rings. The van der Waals surface area contributed by atoms with E-state index in [4.69, 9.17) is 4.74 Å². The molecule has 3 aromatic rings. The number of aromatic nitrogens is 2. The summed E-state index contributed by atoms with van der Waals surface area (Å²) in [5, 5.41) is 5.47. The van der Waals surface area contributed by atoms with Crippen LogP contribution >= 0.6 is 11.5 Å². The van der Waals surface area contributed by atoms with Gasteiger partial charge in [0, 0.05) is 23.0 Å². The Bertz CT molecular complexity index is 1050. The molecule has 0 bridgehead atoms. The molecule has 0 fully saturated rings. The van der Waals surface area contributed by atoms with Gasteiger partial charge in [0.1, 0.15) is 17.4 Å². The number of carbonyl (C=O) groups excluding carboxylic acids is 2. The van der Waals surface area contributed by atoms with Crippen LogP contribution in [0, 0.1) is 5.82 Å². The summed E-state index contributed by atoms with van der Waals surface area (Å²) in [4.78, 5) is 29.6. The molecule has 1 aromatic heterocycles. The lowest BCUT2D eigenvalue weighted by Gasteiger charge is -2.12. The molecule has 7 nitrogen and oxygen atoms in total. The highest BCUT2D eigenvalue weighted by Gasteiger charge is 2.20. The fourth-order valence-electron chi connectivity index (χ4n) is 2.56. The van der Waals surface area contributed by atoms with E-state index in [2.05, 4.69) is 20.0 Å². The van der Waals surface area contributed by atoms with Crippen LogP contribution in [0.1, 0.15) is 41.5 Å². The number of urea groups is 1. The second-order valence-electron chi connectivity index (χ2n) is 6.41. The minimum absolute atomic E-state index is 0.00443. The van der Waals surface area contributed by atoms with Crippen LogP contribution in [0.2, 0.25) is 0 Å². The summed E-state index contributed by atoms with van der Waals surface area (Å²) in [5.74, 6) is 0.0357. The van der Waals surface area contributed by atoms with Crippen LogP contribution in [0.4, 0.5) is 20.0 Å². The Labute approximate surface area is 171 Å². The highest BCUT2D eigenvalue weighted by atomic mass is 32.1. The van der Waals surface area contributed by atoms with E-state index in [1.54, 1.807) is 24.3 Å². The molecule has 2 N–H and O–H groups in total. The lowest BCUT2D eigenvalue weighted by atomic mass is 10.0. The predicted molar refractivity (Wildman–Crippen MR) is 109 cm³/mol. The van der Waals surface area contributed by atoms with E-state index in [1.807, 2.05) is 13.8 Å². The number of hydrogen-bond donors (Lipinski definition) is 2. The summed E-state index contributed by atoms with van der Waals surface area (Å²) in [6, 6.07) is 9.56. The summed E-state index contributed by atoms with van der Waals surface area (Å²) >= 11 is 1.05. The number of para-hydroxylation sites is 1. The molecule has 9 heteroatoms. The molecule has 2 aromatic carbocycles. The Morgan fingerprint density at radius 3 is 2.55 bits per heavy atom. The molecule has 150 valence electrons. The number of ketones is 1. The van der Waals surface area contributed by atoms with Gasteiger partial charge in [-0.05, 0) is 30.3 Å². The molecule has 0 aliphatic heterocycles. The molecular formula is C20H19FN4O3S. The Balaban J connectivity index is 1.84. The summed E-state index contributed by atoms with van der Waals surface area (Å²) in [5.41, 5.74) is 0.424. The van der Waals surface area contributed by atoms with Crippen molar-refractivity contribution in [3.05, 3.63) is 65.2 Å². The van der Waals surface area contributed by atoms with Gasteiger partial charge in [-0.2, -0.15) is 4.37 Å². The molecular weight excluding hydrogens is 395 g/mol. The first-order valence-electron chi connectivity index (χ1n) is 8.78. The number of ether oxygens (including phenoxy) is 1. The Morgan fingerprint density at radius 1 is 1.10 bits per heavy atom. The number of nitrogens with one attached hydrogen (secondary N) is 2. The number of amides is 2. The van der Waals surface area contributed by atoms with Gasteiger partial charge in [0.05, 0.1) is 18.4 Å². The van der Waals surface area contributed by atoms with Crippen molar-refractivity contribution in [2.45, 2.75) is 19.8 Å². The number of halogens is 1. The normalized spacial score (nSPS) is 10.7. The Hall–Kier alpha value is -3.33. The van der Waals surface area contributed by atoms with Gasteiger partial charge in [-0.15, -0.1) is 0 Å². The van der Waals surface area contributed by atoms with E-state index in [0.29, 0.717) is 16.7 Å². The molecule has 1 heterocycles. The van der Waals surface area contributed by atoms with E-state index < -0.39 is 17.6 Å². The van der Waals surface area contributed by atoms with Crippen LogP contribution in [-0.2, 0) is 0 Å². The van der Waals surface area contributed by atoms with Gasteiger partial charge < -0.3 is 10.1 Å². The molecule has 3 rings (SSSR count). The third-order valence-corrected chi connectivity index (χ3v) is 4.65. The van der Waals surface area contributed by atoms with Crippen molar-refractivity contribution in [1.82, 2.24) is 9.36 Å². The third kappa shape index (κ3) is 4.75. The SMILES string of the molecule is COc1ccccc1C(=O)c1cc(F)ccc1NC(=O)Nc1nc(C(C)C)ns1. The van der Waals surface area contributed by atoms with Crippen molar-refractivity contribution in [2.75, 3.05) is 17.7 Å². The lowest BCUT2D eigenvalue weighted by molar-refractivity contribution is 0.103. The molecule has 0 spiro atoms. The standard InChI is InChI=1S/C20H19FN4O3S/c1-11(2)18-23-20(29-25-18)24-19(27)22-15-9-8-12(21)10-14(15)17(26)13-6-4-5-7-16(13)28-3/h4-11H,1-3H3,(H2,22,23,24,25,27). The molecule has 0 saturated carbocycles. The molecule has 29 heavy (non-hydrogen) atoms. The minimum Gasteiger partial charge on any atom is -0.496 e. The molecule has 0 saturated heterocycles. The smallest absolute Gasteiger partial charge is 0.325 e. The monoisotopic (exact) mass is 414 g/mol. The molecule has 0 radical (unpaired) electrons. The summed E-state index contributed by atoms with van der Waals surface area (Å²) < 4.78 is 23.2. The van der Waals surface area contributed by atoms with E-state index in [0.717, 1.165) is 23.7 Å². The minimum atomic E-state index is -0.614. The maximum absolute atomic E-state index is 13.8. The zero-order valence-electron chi connectivity index (χ0n) is 16.0. The van der Waals surface area contributed by atoms with Gasteiger partial charge >= 0.3 is 6.03 Å². The first kappa shape index (κ1) is 20.4. The number of benzene rings is 2. The van der Waals surface area contributed by atoms with Crippen molar-refractivity contribution in [1.29, 1.82) is 0 Å². The average Bonchev–Trinajstić information content (AvgIpc) is 3.17. The highest BCUT2D eigenvalue weighted by molar-refractivity contribution is 7.09. The Kier molecular flexibility index (Phi) is 6.18. The fourth-order valence-corrected chi connectivity index (χ4v) is 3.27. The highest BCUT2D eigenvalue weighted by Crippen LogP contribution is 2.26. The first-order valence-corrected chi connectivity index (χ1v) is 9.55. The second kappa shape index (κ2) is 8.78.